The monoisotopic (exact) mass is 370 g/mol. The molecule has 1 saturated carbocycles. The predicted octanol–water partition coefficient (Wildman–Crippen LogP) is 5.63. The molecular formula is C21H22O2S2. The molecule has 0 atom stereocenters. The molecule has 0 N–H and O–H groups in total. The topological polar surface area (TPSA) is 26.3 Å². The Morgan fingerprint density at radius 1 is 0.760 bits per heavy atom. The van der Waals surface area contributed by atoms with E-state index in [1.54, 1.807) is 11.8 Å². The summed E-state index contributed by atoms with van der Waals surface area (Å²) in [5.74, 6) is 0.306. The Morgan fingerprint density at radius 3 is 1.64 bits per heavy atom. The zero-order valence-corrected chi connectivity index (χ0v) is 16.5. The van der Waals surface area contributed by atoms with Crippen LogP contribution >= 0.6 is 23.8 Å². The van der Waals surface area contributed by atoms with Crippen molar-refractivity contribution in [2.75, 3.05) is 0 Å². The third kappa shape index (κ3) is 2.02. The minimum absolute atomic E-state index is 0.306. The van der Waals surface area contributed by atoms with Crippen LogP contribution in [0.3, 0.4) is 0 Å². The number of ketones is 1. The highest BCUT2D eigenvalue weighted by Gasteiger charge is 2.78. The number of carbonyl (C=O) groups is 1. The van der Waals surface area contributed by atoms with E-state index in [0.29, 0.717) is 5.78 Å². The molecule has 2 nitrogen and oxygen atoms in total. The number of rotatable bonds is 2. The molecule has 25 heavy (non-hydrogen) atoms. The molecule has 2 aromatic carbocycles. The summed E-state index contributed by atoms with van der Waals surface area (Å²) in [4.78, 5) is 12.2. The number of hydrogen-bond donors (Lipinski definition) is 0. The van der Waals surface area contributed by atoms with Gasteiger partial charge in [-0.1, -0.05) is 100 Å². The maximum absolute atomic E-state index is 12.8. The van der Waals surface area contributed by atoms with E-state index in [0.717, 1.165) is 11.1 Å². The largest absolute Gasteiger partial charge is 0.298 e. The molecule has 0 unspecified atom stereocenters. The number of benzene rings is 2. The van der Waals surface area contributed by atoms with Gasteiger partial charge in [0.15, 0.2) is 4.93 Å². The van der Waals surface area contributed by atoms with Crippen LogP contribution in [0.2, 0.25) is 0 Å². The summed E-state index contributed by atoms with van der Waals surface area (Å²) in [6, 6.07) is 20.7. The Kier molecular flexibility index (Phi) is 3.70. The van der Waals surface area contributed by atoms with Gasteiger partial charge >= 0.3 is 0 Å². The van der Waals surface area contributed by atoms with Crippen molar-refractivity contribution in [2.24, 2.45) is 10.8 Å². The zero-order valence-electron chi connectivity index (χ0n) is 14.9. The van der Waals surface area contributed by atoms with E-state index in [4.69, 9.17) is 4.18 Å². The minimum Gasteiger partial charge on any atom is -0.298 e. The van der Waals surface area contributed by atoms with Gasteiger partial charge in [-0.3, -0.25) is 8.98 Å². The van der Waals surface area contributed by atoms with Gasteiger partial charge in [-0.2, -0.15) is 0 Å². The van der Waals surface area contributed by atoms with Gasteiger partial charge in [0.05, 0.1) is 10.8 Å². The summed E-state index contributed by atoms with van der Waals surface area (Å²) in [6.07, 6.45) is 0. The SMILES string of the molecule is CC1(C)C(=O)C(C)(C)C12SOC(c1ccccc1)(c1ccccc1)S2. The van der Waals surface area contributed by atoms with Gasteiger partial charge in [0.1, 0.15) is 9.86 Å². The first kappa shape index (κ1) is 17.2. The molecule has 0 amide bonds. The van der Waals surface area contributed by atoms with Crippen molar-refractivity contribution in [3.05, 3.63) is 71.8 Å². The van der Waals surface area contributed by atoms with E-state index in [1.165, 1.54) is 12.0 Å². The van der Waals surface area contributed by atoms with Crippen LogP contribution < -0.4 is 0 Å². The summed E-state index contributed by atoms with van der Waals surface area (Å²) < 4.78 is 6.20. The fraction of sp³-hybridized carbons (Fsp3) is 0.381. The standard InChI is InChI=1S/C21H22O2S2/c1-18(2)17(22)19(3,4)21(18)24-20(23-25-21,15-11-7-5-8-12-15)16-13-9-6-10-14-16/h5-14H,1-4H3. The third-order valence-corrected chi connectivity index (χ3v) is 9.95. The Hall–Kier alpha value is -1.23. The lowest BCUT2D eigenvalue weighted by atomic mass is 9.53. The number of carbonyl (C=O) groups excluding carboxylic acids is 1. The van der Waals surface area contributed by atoms with Gasteiger partial charge in [-0.15, -0.1) is 0 Å². The van der Waals surface area contributed by atoms with Crippen LogP contribution in [0.4, 0.5) is 0 Å². The minimum atomic E-state index is -0.609. The Balaban J connectivity index is 1.88. The first-order valence-corrected chi connectivity index (χ1v) is 10.1. The fourth-order valence-electron chi connectivity index (χ4n) is 4.31. The van der Waals surface area contributed by atoms with Gasteiger partial charge in [0, 0.05) is 12.0 Å². The Morgan fingerprint density at radius 2 is 1.20 bits per heavy atom. The van der Waals surface area contributed by atoms with Crippen molar-refractivity contribution in [1.29, 1.82) is 0 Å². The van der Waals surface area contributed by atoms with Crippen molar-refractivity contribution in [2.45, 2.75) is 36.7 Å². The van der Waals surface area contributed by atoms with Crippen molar-refractivity contribution >= 4 is 29.6 Å². The summed E-state index contributed by atoms with van der Waals surface area (Å²) >= 11 is 3.28. The smallest absolute Gasteiger partial charge is 0.180 e. The van der Waals surface area contributed by atoms with Crippen LogP contribution in [0.15, 0.2) is 60.7 Å². The first-order chi connectivity index (χ1) is 11.8. The summed E-state index contributed by atoms with van der Waals surface area (Å²) in [6.45, 7) is 8.21. The number of thioether (sulfide) groups is 1. The average Bonchev–Trinajstić information content (AvgIpc) is 3.07. The highest BCUT2D eigenvalue weighted by atomic mass is 32.2. The number of hydrogen-bond acceptors (Lipinski definition) is 4. The fourth-order valence-corrected chi connectivity index (χ4v) is 7.78. The molecule has 1 spiro atoms. The van der Waals surface area contributed by atoms with Crippen LogP contribution in [-0.4, -0.2) is 9.86 Å². The average molecular weight is 371 g/mol. The van der Waals surface area contributed by atoms with Gasteiger partial charge < -0.3 is 0 Å². The molecule has 0 bridgehead atoms. The molecule has 1 aliphatic heterocycles. The summed E-state index contributed by atoms with van der Waals surface area (Å²) in [5, 5.41) is 0. The highest BCUT2D eigenvalue weighted by Crippen LogP contribution is 2.79. The normalized spacial score (nSPS) is 24.9. The quantitative estimate of drug-likeness (QED) is 0.640. The maximum Gasteiger partial charge on any atom is 0.180 e. The Labute approximate surface area is 157 Å². The summed E-state index contributed by atoms with van der Waals surface area (Å²) in [7, 11) is 0. The second-order valence-corrected chi connectivity index (χ2v) is 10.4. The van der Waals surface area contributed by atoms with Crippen LogP contribution in [0.1, 0.15) is 38.8 Å². The molecule has 1 heterocycles. The van der Waals surface area contributed by atoms with E-state index in [2.05, 4.69) is 52.0 Å². The van der Waals surface area contributed by atoms with E-state index in [1.807, 2.05) is 36.4 Å². The molecule has 2 aromatic rings. The lowest BCUT2D eigenvalue weighted by Gasteiger charge is -2.61. The Bertz CT molecular complexity index is 755. The molecule has 4 heteroatoms. The van der Waals surface area contributed by atoms with Crippen LogP contribution in [0.25, 0.3) is 0 Å². The van der Waals surface area contributed by atoms with E-state index in [-0.39, 0.29) is 4.08 Å². The van der Waals surface area contributed by atoms with E-state index in [9.17, 15) is 4.79 Å². The third-order valence-electron chi connectivity index (χ3n) is 5.65. The van der Waals surface area contributed by atoms with Gasteiger partial charge in [-0.25, -0.2) is 0 Å². The van der Waals surface area contributed by atoms with Crippen molar-refractivity contribution in [3.8, 4) is 0 Å². The van der Waals surface area contributed by atoms with Gasteiger partial charge in [0.25, 0.3) is 0 Å². The zero-order chi connectivity index (χ0) is 17.9. The molecular weight excluding hydrogens is 348 g/mol. The highest BCUT2D eigenvalue weighted by molar-refractivity contribution is 8.19. The molecule has 4 rings (SSSR count). The maximum atomic E-state index is 12.8. The van der Waals surface area contributed by atoms with Crippen LogP contribution in [0.5, 0.6) is 0 Å². The van der Waals surface area contributed by atoms with Crippen LogP contribution in [0, 0.1) is 10.8 Å². The van der Waals surface area contributed by atoms with E-state index >= 15 is 0 Å². The molecule has 1 aliphatic carbocycles. The van der Waals surface area contributed by atoms with Gasteiger partial charge in [0.2, 0.25) is 0 Å². The second kappa shape index (κ2) is 5.38. The molecule has 0 aromatic heterocycles. The second-order valence-electron chi connectivity index (χ2n) is 7.81. The van der Waals surface area contributed by atoms with Crippen molar-refractivity contribution in [1.82, 2.24) is 0 Å². The van der Waals surface area contributed by atoms with Crippen LogP contribution in [-0.2, 0) is 13.9 Å². The molecule has 0 radical (unpaired) electrons. The first-order valence-electron chi connectivity index (χ1n) is 8.51. The molecule has 1 saturated heterocycles. The molecule has 130 valence electrons. The predicted molar refractivity (Wildman–Crippen MR) is 105 cm³/mol. The number of Topliss-reactive ketones (excluding diaryl/α,β-unsaturated/α-hetero) is 1. The summed E-state index contributed by atoms with van der Waals surface area (Å²) in [5.41, 5.74) is 1.36. The van der Waals surface area contributed by atoms with E-state index < -0.39 is 15.8 Å². The lowest BCUT2D eigenvalue weighted by Crippen LogP contribution is -2.70. The lowest BCUT2D eigenvalue weighted by molar-refractivity contribution is -0.152. The van der Waals surface area contributed by atoms with Gasteiger partial charge in [-0.05, 0) is 11.1 Å². The molecule has 2 aliphatic rings. The van der Waals surface area contributed by atoms with Crippen molar-refractivity contribution in [3.63, 3.8) is 0 Å². The molecule has 2 fully saturated rings. The van der Waals surface area contributed by atoms with Crippen molar-refractivity contribution < 1.29 is 8.98 Å².